The van der Waals surface area contributed by atoms with Gasteiger partial charge in [0.25, 0.3) is 5.69 Å². The van der Waals surface area contributed by atoms with Crippen molar-refractivity contribution in [3.05, 3.63) is 56.4 Å². The zero-order chi connectivity index (χ0) is 19.0. The first-order valence-corrected chi connectivity index (χ1v) is 8.64. The van der Waals surface area contributed by atoms with E-state index in [-0.39, 0.29) is 23.3 Å². The number of carboxylic acid groups (broad SMARTS) is 1. The van der Waals surface area contributed by atoms with Gasteiger partial charge in [-0.25, -0.2) is 4.79 Å². The lowest BCUT2D eigenvalue weighted by molar-refractivity contribution is -0.385. The molecule has 8 heteroatoms. The van der Waals surface area contributed by atoms with E-state index < -0.39 is 10.9 Å². The molecule has 0 bridgehead atoms. The summed E-state index contributed by atoms with van der Waals surface area (Å²) in [5.74, 6) is -0.901. The highest BCUT2D eigenvalue weighted by atomic mass is 16.6. The third kappa shape index (κ3) is 3.08. The molecule has 2 unspecified atom stereocenters. The molecule has 26 heavy (non-hydrogen) atoms. The number of nitrogens with one attached hydrogen (secondary N) is 1. The van der Waals surface area contributed by atoms with E-state index in [1.807, 2.05) is 13.8 Å². The molecule has 8 nitrogen and oxygen atoms in total. The van der Waals surface area contributed by atoms with Crippen LogP contribution in [0.2, 0.25) is 0 Å². The summed E-state index contributed by atoms with van der Waals surface area (Å²) >= 11 is 0. The highest BCUT2D eigenvalue weighted by Crippen LogP contribution is 2.34. The highest BCUT2D eigenvalue weighted by molar-refractivity contribution is 5.87. The number of carbonyl (C=O) groups is 1. The van der Waals surface area contributed by atoms with Crippen LogP contribution in [0.4, 0.5) is 5.69 Å². The fourth-order valence-corrected chi connectivity index (χ4v) is 3.69. The van der Waals surface area contributed by atoms with Crippen molar-refractivity contribution in [2.45, 2.75) is 45.7 Å². The molecule has 1 aliphatic heterocycles. The van der Waals surface area contributed by atoms with Crippen LogP contribution < -0.4 is 5.32 Å². The number of aromatic nitrogens is 2. The van der Waals surface area contributed by atoms with Crippen molar-refractivity contribution < 1.29 is 14.8 Å². The van der Waals surface area contributed by atoms with E-state index in [1.165, 1.54) is 6.07 Å². The minimum atomic E-state index is -1.03. The Balaban J connectivity index is 2.05. The van der Waals surface area contributed by atoms with Crippen LogP contribution in [0.5, 0.6) is 0 Å². The monoisotopic (exact) mass is 358 g/mol. The minimum absolute atomic E-state index is 0.0281. The first-order chi connectivity index (χ1) is 12.3. The van der Waals surface area contributed by atoms with Gasteiger partial charge in [-0.3, -0.25) is 14.8 Å². The summed E-state index contributed by atoms with van der Waals surface area (Å²) in [6, 6.07) is 4.91. The molecule has 2 N–H and O–H groups in total. The molecule has 0 amide bonds. The molecular weight excluding hydrogens is 336 g/mol. The van der Waals surface area contributed by atoms with Crippen molar-refractivity contribution in [3.63, 3.8) is 0 Å². The van der Waals surface area contributed by atoms with Crippen LogP contribution in [0.1, 0.15) is 65.1 Å². The second-order valence-corrected chi connectivity index (χ2v) is 6.76. The second-order valence-electron chi connectivity index (χ2n) is 6.76. The van der Waals surface area contributed by atoms with Gasteiger partial charge in [0.2, 0.25) is 0 Å². The molecule has 138 valence electrons. The number of hydrogen-bond acceptors (Lipinski definition) is 5. The predicted molar refractivity (Wildman–Crippen MR) is 95.6 cm³/mol. The summed E-state index contributed by atoms with van der Waals surface area (Å²) in [5, 5.41) is 28.3. The summed E-state index contributed by atoms with van der Waals surface area (Å²) in [4.78, 5) is 22.3. The highest BCUT2D eigenvalue weighted by Gasteiger charge is 2.33. The van der Waals surface area contributed by atoms with Crippen LogP contribution in [0.25, 0.3) is 0 Å². The van der Waals surface area contributed by atoms with Crippen molar-refractivity contribution in [2.75, 3.05) is 6.54 Å². The van der Waals surface area contributed by atoms with Gasteiger partial charge in [-0.2, -0.15) is 5.10 Å². The Labute approximate surface area is 151 Å². The van der Waals surface area contributed by atoms with Crippen molar-refractivity contribution >= 4 is 11.7 Å². The third-order valence-electron chi connectivity index (χ3n) is 4.92. The van der Waals surface area contributed by atoms with Gasteiger partial charge in [0, 0.05) is 41.4 Å². The predicted octanol–water partition coefficient (Wildman–Crippen LogP) is 3.00. The topological polar surface area (TPSA) is 110 Å². The van der Waals surface area contributed by atoms with Gasteiger partial charge < -0.3 is 10.4 Å². The second kappa shape index (κ2) is 6.87. The molecule has 3 rings (SSSR count). The SMILES string of the molecule is CCC1NCC(C)c2c1c(C(=O)O)nn2Cc1ccc([N+](=O)[O-])c(C)c1. The van der Waals surface area contributed by atoms with E-state index in [9.17, 15) is 20.0 Å². The lowest BCUT2D eigenvalue weighted by Gasteiger charge is -2.28. The molecular formula is C18H22N4O4. The molecule has 2 atom stereocenters. The van der Waals surface area contributed by atoms with E-state index in [0.29, 0.717) is 12.1 Å². The number of aromatic carboxylic acids is 1. The van der Waals surface area contributed by atoms with E-state index in [2.05, 4.69) is 10.4 Å². The van der Waals surface area contributed by atoms with Crippen LogP contribution in [0.3, 0.4) is 0 Å². The van der Waals surface area contributed by atoms with Crippen LogP contribution in [0.15, 0.2) is 18.2 Å². The van der Waals surface area contributed by atoms with Crippen LogP contribution in [-0.2, 0) is 6.54 Å². The Morgan fingerprint density at radius 1 is 1.50 bits per heavy atom. The zero-order valence-electron chi connectivity index (χ0n) is 15.0. The Morgan fingerprint density at radius 3 is 2.81 bits per heavy atom. The number of hydrogen-bond donors (Lipinski definition) is 2. The van der Waals surface area contributed by atoms with Gasteiger partial charge in [-0.05, 0) is 25.0 Å². The number of nitrogens with zero attached hydrogens (tertiary/aromatic N) is 3. The number of fused-ring (bicyclic) bond motifs is 1. The number of carboxylic acids is 1. The van der Waals surface area contributed by atoms with Gasteiger partial charge >= 0.3 is 5.97 Å². The van der Waals surface area contributed by atoms with E-state index in [4.69, 9.17) is 0 Å². The van der Waals surface area contributed by atoms with E-state index >= 15 is 0 Å². The number of nitro groups is 1. The summed E-state index contributed by atoms with van der Waals surface area (Å²) in [7, 11) is 0. The Bertz CT molecular complexity index is 874. The lowest BCUT2D eigenvalue weighted by Crippen LogP contribution is -2.33. The average molecular weight is 358 g/mol. The normalized spacial score (nSPS) is 19.2. The summed E-state index contributed by atoms with van der Waals surface area (Å²) in [5.41, 5.74) is 3.29. The molecule has 0 saturated heterocycles. The standard InChI is InChI=1S/C18H22N4O4/c1-4-13-15-16(18(23)24)20-21(17(15)11(3)8-19-13)9-12-5-6-14(22(25)26)10(2)7-12/h5-7,11,13,19H,4,8-9H2,1-3H3,(H,23,24). The first kappa shape index (κ1) is 18.1. The molecule has 0 fully saturated rings. The van der Waals surface area contributed by atoms with Gasteiger partial charge in [0.05, 0.1) is 11.5 Å². The maximum atomic E-state index is 11.7. The molecule has 0 saturated carbocycles. The van der Waals surface area contributed by atoms with E-state index in [0.717, 1.165) is 29.8 Å². The average Bonchev–Trinajstić information content (AvgIpc) is 2.95. The smallest absolute Gasteiger partial charge is 0.356 e. The Hall–Kier alpha value is -2.74. The summed E-state index contributed by atoms with van der Waals surface area (Å²) in [6.07, 6.45) is 0.780. The van der Waals surface area contributed by atoms with Gasteiger partial charge in [-0.1, -0.05) is 19.9 Å². The Kier molecular flexibility index (Phi) is 4.78. The Morgan fingerprint density at radius 2 is 2.23 bits per heavy atom. The molecule has 0 aliphatic carbocycles. The molecule has 2 aromatic rings. The van der Waals surface area contributed by atoms with Crippen molar-refractivity contribution in [3.8, 4) is 0 Å². The lowest BCUT2D eigenvalue weighted by atomic mass is 9.90. The van der Waals surface area contributed by atoms with Crippen LogP contribution in [0, 0.1) is 17.0 Å². The number of aryl methyl sites for hydroxylation is 1. The summed E-state index contributed by atoms with van der Waals surface area (Å²) in [6.45, 7) is 6.90. The molecule has 2 heterocycles. The molecule has 0 radical (unpaired) electrons. The maximum absolute atomic E-state index is 11.7. The minimum Gasteiger partial charge on any atom is -0.476 e. The number of nitro benzene ring substituents is 1. The fraction of sp³-hybridized carbons (Fsp3) is 0.444. The van der Waals surface area contributed by atoms with Crippen molar-refractivity contribution in [1.82, 2.24) is 15.1 Å². The van der Waals surface area contributed by atoms with Crippen LogP contribution in [-0.4, -0.2) is 32.3 Å². The van der Waals surface area contributed by atoms with Crippen molar-refractivity contribution in [1.29, 1.82) is 0 Å². The zero-order valence-corrected chi connectivity index (χ0v) is 15.0. The first-order valence-electron chi connectivity index (χ1n) is 8.64. The van der Waals surface area contributed by atoms with Gasteiger partial charge in [0.15, 0.2) is 5.69 Å². The number of rotatable bonds is 5. The van der Waals surface area contributed by atoms with Gasteiger partial charge in [-0.15, -0.1) is 0 Å². The fourth-order valence-electron chi connectivity index (χ4n) is 3.69. The number of benzene rings is 1. The quantitative estimate of drug-likeness (QED) is 0.628. The largest absolute Gasteiger partial charge is 0.476 e. The molecule has 0 spiro atoms. The van der Waals surface area contributed by atoms with E-state index in [1.54, 1.807) is 23.7 Å². The third-order valence-corrected chi connectivity index (χ3v) is 4.92. The van der Waals surface area contributed by atoms with Crippen molar-refractivity contribution in [2.24, 2.45) is 0 Å². The molecule has 1 aromatic heterocycles. The summed E-state index contributed by atoms with van der Waals surface area (Å²) < 4.78 is 1.74. The van der Waals surface area contributed by atoms with Gasteiger partial charge in [0.1, 0.15) is 0 Å². The maximum Gasteiger partial charge on any atom is 0.356 e. The van der Waals surface area contributed by atoms with Crippen LogP contribution >= 0.6 is 0 Å². The molecule has 1 aliphatic rings. The molecule has 1 aromatic carbocycles.